The second-order valence-corrected chi connectivity index (χ2v) is 5.11. The molecule has 2 N–H and O–H groups in total. The van der Waals surface area contributed by atoms with Crippen LogP contribution in [0.2, 0.25) is 0 Å². The van der Waals surface area contributed by atoms with Crippen LogP contribution >= 0.6 is 0 Å². The van der Waals surface area contributed by atoms with E-state index in [0.717, 1.165) is 32.4 Å². The van der Waals surface area contributed by atoms with Gasteiger partial charge in [0, 0.05) is 13.1 Å². The van der Waals surface area contributed by atoms with Gasteiger partial charge in [0.1, 0.15) is 0 Å². The van der Waals surface area contributed by atoms with Gasteiger partial charge in [-0.05, 0) is 25.8 Å². The van der Waals surface area contributed by atoms with Crippen molar-refractivity contribution < 1.29 is 9.90 Å². The number of piperidine rings is 1. The maximum atomic E-state index is 12.3. The highest BCUT2D eigenvalue weighted by molar-refractivity contribution is 5.82. The summed E-state index contributed by atoms with van der Waals surface area (Å²) in [5.74, 6) is 0.181. The van der Waals surface area contributed by atoms with E-state index in [1.54, 1.807) is 0 Å². The zero-order valence-electron chi connectivity index (χ0n) is 11.7. The molecular formula is C14H28N2O2. The Labute approximate surface area is 111 Å². The molecule has 0 saturated carbocycles. The van der Waals surface area contributed by atoms with E-state index in [-0.39, 0.29) is 18.6 Å². The fourth-order valence-corrected chi connectivity index (χ4v) is 2.47. The Morgan fingerprint density at radius 2 is 2.11 bits per heavy atom. The van der Waals surface area contributed by atoms with Crippen molar-refractivity contribution >= 4 is 5.91 Å². The number of rotatable bonds is 8. The minimum atomic E-state index is -0.0172. The molecule has 0 spiro atoms. The minimum Gasteiger partial charge on any atom is -0.395 e. The molecule has 1 aliphatic heterocycles. The Bertz CT molecular complexity index is 228. The second kappa shape index (κ2) is 9.34. The lowest BCUT2D eigenvalue weighted by Crippen LogP contribution is -2.49. The number of carbonyl (C=O) groups is 1. The Morgan fingerprint density at radius 3 is 2.72 bits per heavy atom. The molecule has 0 aromatic heterocycles. The third-order valence-corrected chi connectivity index (χ3v) is 3.57. The molecule has 1 amide bonds. The van der Waals surface area contributed by atoms with Gasteiger partial charge < -0.3 is 15.3 Å². The molecule has 1 fully saturated rings. The highest BCUT2D eigenvalue weighted by Crippen LogP contribution is 2.11. The summed E-state index contributed by atoms with van der Waals surface area (Å²) in [4.78, 5) is 14.1. The Kier molecular flexibility index (Phi) is 8.01. The number of unbranched alkanes of at least 4 members (excludes halogenated alkanes) is 3. The summed E-state index contributed by atoms with van der Waals surface area (Å²) >= 11 is 0. The van der Waals surface area contributed by atoms with E-state index in [1.807, 2.05) is 4.90 Å². The maximum absolute atomic E-state index is 12.3. The molecule has 106 valence electrons. The van der Waals surface area contributed by atoms with Gasteiger partial charge in [-0.1, -0.05) is 32.6 Å². The normalized spacial score (nSPS) is 19.8. The quantitative estimate of drug-likeness (QED) is 0.648. The monoisotopic (exact) mass is 256 g/mol. The number of amides is 1. The number of hydrogen-bond acceptors (Lipinski definition) is 3. The summed E-state index contributed by atoms with van der Waals surface area (Å²) in [6.45, 7) is 4.45. The fraction of sp³-hybridized carbons (Fsp3) is 0.929. The van der Waals surface area contributed by atoms with Crippen molar-refractivity contribution in [2.24, 2.45) is 0 Å². The molecule has 4 heteroatoms. The predicted molar refractivity (Wildman–Crippen MR) is 73.4 cm³/mol. The standard InChI is InChI=1S/C14H28N2O2/c1-2-3-4-7-10-16(11-12-17)14(18)13-8-5-6-9-15-13/h13,15,17H,2-12H2,1H3. The van der Waals surface area contributed by atoms with Crippen LogP contribution in [0.3, 0.4) is 0 Å². The van der Waals surface area contributed by atoms with E-state index in [2.05, 4.69) is 12.2 Å². The Morgan fingerprint density at radius 1 is 1.28 bits per heavy atom. The molecular weight excluding hydrogens is 228 g/mol. The summed E-state index contributed by atoms with van der Waals surface area (Å²) in [7, 11) is 0. The van der Waals surface area contributed by atoms with Crippen molar-refractivity contribution in [2.75, 3.05) is 26.2 Å². The van der Waals surface area contributed by atoms with Crippen molar-refractivity contribution in [1.82, 2.24) is 10.2 Å². The summed E-state index contributed by atoms with van der Waals surface area (Å²) in [5, 5.41) is 12.4. The molecule has 1 atom stereocenters. The maximum Gasteiger partial charge on any atom is 0.239 e. The molecule has 18 heavy (non-hydrogen) atoms. The van der Waals surface area contributed by atoms with Crippen molar-refractivity contribution in [3.05, 3.63) is 0 Å². The number of carbonyl (C=O) groups excluding carboxylic acids is 1. The first kappa shape index (κ1) is 15.4. The van der Waals surface area contributed by atoms with Crippen molar-refractivity contribution in [3.8, 4) is 0 Å². The molecule has 1 unspecified atom stereocenters. The zero-order valence-corrected chi connectivity index (χ0v) is 11.7. The lowest BCUT2D eigenvalue weighted by molar-refractivity contribution is -0.134. The van der Waals surface area contributed by atoms with Crippen LogP contribution in [-0.4, -0.2) is 48.2 Å². The molecule has 1 saturated heterocycles. The van der Waals surface area contributed by atoms with E-state index >= 15 is 0 Å². The fourth-order valence-electron chi connectivity index (χ4n) is 2.47. The predicted octanol–water partition coefficient (Wildman–Crippen LogP) is 1.53. The Balaban J connectivity index is 2.35. The minimum absolute atomic E-state index is 0.0172. The first-order chi connectivity index (χ1) is 8.79. The van der Waals surface area contributed by atoms with Crippen molar-refractivity contribution in [2.45, 2.75) is 57.9 Å². The molecule has 0 aliphatic carbocycles. The largest absolute Gasteiger partial charge is 0.395 e. The highest BCUT2D eigenvalue weighted by atomic mass is 16.3. The Hall–Kier alpha value is -0.610. The van der Waals surface area contributed by atoms with Gasteiger partial charge in [-0.3, -0.25) is 4.79 Å². The van der Waals surface area contributed by atoms with Gasteiger partial charge in [0.05, 0.1) is 12.6 Å². The van der Waals surface area contributed by atoms with Gasteiger partial charge in [0.2, 0.25) is 5.91 Å². The van der Waals surface area contributed by atoms with Crippen LogP contribution in [-0.2, 0) is 4.79 Å². The average molecular weight is 256 g/mol. The van der Waals surface area contributed by atoms with Gasteiger partial charge in [-0.2, -0.15) is 0 Å². The van der Waals surface area contributed by atoms with Crippen molar-refractivity contribution in [3.63, 3.8) is 0 Å². The topological polar surface area (TPSA) is 52.6 Å². The van der Waals surface area contributed by atoms with Gasteiger partial charge >= 0.3 is 0 Å². The zero-order chi connectivity index (χ0) is 13.2. The molecule has 4 nitrogen and oxygen atoms in total. The van der Waals surface area contributed by atoms with Crippen LogP contribution in [0.1, 0.15) is 51.9 Å². The molecule has 0 aromatic carbocycles. The summed E-state index contributed by atoms with van der Waals surface area (Å²) in [6, 6.07) is -0.0172. The number of nitrogens with zero attached hydrogens (tertiary/aromatic N) is 1. The third kappa shape index (κ3) is 5.36. The van der Waals surface area contributed by atoms with Crippen LogP contribution in [0.5, 0.6) is 0 Å². The van der Waals surface area contributed by atoms with E-state index < -0.39 is 0 Å². The first-order valence-corrected chi connectivity index (χ1v) is 7.42. The molecule has 0 aromatic rings. The molecule has 1 rings (SSSR count). The van der Waals surface area contributed by atoms with Gasteiger partial charge in [-0.25, -0.2) is 0 Å². The van der Waals surface area contributed by atoms with E-state index in [0.29, 0.717) is 6.54 Å². The number of aliphatic hydroxyl groups excluding tert-OH is 1. The summed E-state index contributed by atoms with van der Waals surface area (Å²) in [5.41, 5.74) is 0. The average Bonchev–Trinajstić information content (AvgIpc) is 2.42. The summed E-state index contributed by atoms with van der Waals surface area (Å²) in [6.07, 6.45) is 7.89. The van der Waals surface area contributed by atoms with Gasteiger partial charge in [0.15, 0.2) is 0 Å². The van der Waals surface area contributed by atoms with Crippen LogP contribution in [0, 0.1) is 0 Å². The first-order valence-electron chi connectivity index (χ1n) is 7.42. The van der Waals surface area contributed by atoms with E-state index in [1.165, 1.54) is 25.7 Å². The smallest absolute Gasteiger partial charge is 0.239 e. The van der Waals surface area contributed by atoms with E-state index in [4.69, 9.17) is 5.11 Å². The lowest BCUT2D eigenvalue weighted by atomic mass is 10.0. The SMILES string of the molecule is CCCCCCN(CCO)C(=O)C1CCCCN1. The number of nitrogens with one attached hydrogen (secondary N) is 1. The highest BCUT2D eigenvalue weighted by Gasteiger charge is 2.24. The van der Waals surface area contributed by atoms with Gasteiger partial charge in [-0.15, -0.1) is 0 Å². The second-order valence-electron chi connectivity index (χ2n) is 5.11. The lowest BCUT2D eigenvalue weighted by Gasteiger charge is -2.29. The van der Waals surface area contributed by atoms with Crippen LogP contribution in [0.25, 0.3) is 0 Å². The van der Waals surface area contributed by atoms with Crippen LogP contribution < -0.4 is 5.32 Å². The van der Waals surface area contributed by atoms with Crippen LogP contribution in [0.4, 0.5) is 0 Å². The molecule has 0 bridgehead atoms. The molecule has 0 radical (unpaired) electrons. The molecule has 1 aliphatic rings. The number of aliphatic hydroxyl groups is 1. The van der Waals surface area contributed by atoms with Gasteiger partial charge in [0.25, 0.3) is 0 Å². The molecule has 1 heterocycles. The van der Waals surface area contributed by atoms with Crippen LogP contribution in [0.15, 0.2) is 0 Å². The van der Waals surface area contributed by atoms with E-state index in [9.17, 15) is 4.79 Å². The van der Waals surface area contributed by atoms with Crippen molar-refractivity contribution in [1.29, 1.82) is 0 Å². The third-order valence-electron chi connectivity index (χ3n) is 3.57. The summed E-state index contributed by atoms with van der Waals surface area (Å²) < 4.78 is 0. The number of hydrogen-bond donors (Lipinski definition) is 2.